The Labute approximate surface area is 274 Å². The number of carbonyl (C=O) groups excluding carboxylic acids is 1. The monoisotopic (exact) mass is 643 g/mol. The molecule has 11 heteroatoms. The second-order valence-electron chi connectivity index (χ2n) is 13.1. The van der Waals surface area contributed by atoms with E-state index in [0.717, 1.165) is 58.5 Å². The highest BCUT2D eigenvalue weighted by atomic mass is 35.5. The lowest BCUT2D eigenvalue weighted by Gasteiger charge is -2.42. The summed E-state index contributed by atoms with van der Waals surface area (Å²) in [6, 6.07) is 14.8. The summed E-state index contributed by atoms with van der Waals surface area (Å²) in [6.45, 7) is 6.81. The van der Waals surface area contributed by atoms with Crippen LogP contribution in [0.1, 0.15) is 36.9 Å². The Bertz CT molecular complexity index is 1700. The highest BCUT2D eigenvalue weighted by Gasteiger charge is 2.45. The number of ether oxygens (including phenoxy) is 1. The zero-order chi connectivity index (χ0) is 31.9. The summed E-state index contributed by atoms with van der Waals surface area (Å²) in [5, 5.41) is 12.3. The molecular formula is C35H39ClFN7O2. The van der Waals surface area contributed by atoms with Crippen molar-refractivity contribution in [1.82, 2.24) is 19.8 Å². The molecule has 4 fully saturated rings. The van der Waals surface area contributed by atoms with E-state index in [9.17, 15) is 14.4 Å². The fraction of sp³-hybridized carbons (Fsp3) is 0.486. The normalized spacial score (nSPS) is 23.7. The summed E-state index contributed by atoms with van der Waals surface area (Å²) in [5.41, 5.74) is 2.97. The molecule has 1 unspecified atom stereocenters. The average molecular weight is 644 g/mol. The summed E-state index contributed by atoms with van der Waals surface area (Å²) in [7, 11) is 2.18. The van der Waals surface area contributed by atoms with Crippen LogP contribution in [0.15, 0.2) is 48.8 Å². The summed E-state index contributed by atoms with van der Waals surface area (Å²) in [6.07, 6.45) is 4.77. The van der Waals surface area contributed by atoms with Crippen molar-refractivity contribution < 1.29 is 13.9 Å². The van der Waals surface area contributed by atoms with Crippen LogP contribution in [0.2, 0.25) is 5.02 Å². The second-order valence-corrected chi connectivity index (χ2v) is 13.5. The lowest BCUT2D eigenvalue weighted by Crippen LogP contribution is -2.55. The third kappa shape index (κ3) is 5.75. The zero-order valence-corrected chi connectivity index (χ0v) is 26.9. The van der Waals surface area contributed by atoms with Crippen molar-refractivity contribution in [3.63, 3.8) is 0 Å². The smallest absolute Gasteiger partial charge is 0.318 e. The van der Waals surface area contributed by atoms with Crippen molar-refractivity contribution in [2.45, 2.75) is 50.7 Å². The Balaban J connectivity index is 1.17. The molecule has 1 saturated heterocycles. The molecule has 3 aliphatic carbocycles. The quantitative estimate of drug-likeness (QED) is 0.288. The second kappa shape index (κ2) is 12.7. The van der Waals surface area contributed by atoms with E-state index in [1.807, 2.05) is 12.1 Å². The van der Waals surface area contributed by atoms with Gasteiger partial charge in [0.2, 0.25) is 0 Å². The number of hydrogen-bond donors (Lipinski definition) is 0. The first kappa shape index (κ1) is 30.7. The summed E-state index contributed by atoms with van der Waals surface area (Å²) in [4.78, 5) is 30.7. The summed E-state index contributed by atoms with van der Waals surface area (Å²) in [5.74, 6) is 0.696. The molecule has 1 amide bonds. The average Bonchev–Trinajstić information content (AvgIpc) is 3.66. The third-order valence-electron chi connectivity index (χ3n) is 10.4. The molecular weight excluding hydrogens is 605 g/mol. The largest absolute Gasteiger partial charge is 0.462 e. The number of nitrogens with zero attached hydrogens (tertiary/aromatic N) is 7. The Morgan fingerprint density at radius 2 is 1.96 bits per heavy atom. The maximum absolute atomic E-state index is 13.9. The van der Waals surface area contributed by atoms with Crippen molar-refractivity contribution in [3.8, 4) is 12.1 Å². The van der Waals surface area contributed by atoms with E-state index in [-0.39, 0.29) is 13.0 Å². The molecule has 2 aliphatic heterocycles. The first-order valence-corrected chi connectivity index (χ1v) is 16.6. The van der Waals surface area contributed by atoms with Gasteiger partial charge in [-0.2, -0.15) is 15.2 Å². The first-order chi connectivity index (χ1) is 22.3. The SMILES string of the molecule is C=C(F)C(=O)N1CCN(c2nc(OCCN(C)C3CC4CC3C4)nc3c2CCN(c2cccc4cccc(Cl)c24)C3)C[C@@H]1CC#N. The van der Waals surface area contributed by atoms with Gasteiger partial charge in [-0.3, -0.25) is 9.69 Å². The number of hydrogen-bond acceptors (Lipinski definition) is 8. The van der Waals surface area contributed by atoms with Crippen LogP contribution < -0.4 is 14.5 Å². The number of piperazine rings is 1. The number of rotatable bonds is 9. The minimum atomic E-state index is -1.01. The highest BCUT2D eigenvalue weighted by molar-refractivity contribution is 6.36. The number of carbonyl (C=O) groups is 1. The van der Waals surface area contributed by atoms with Crippen molar-refractivity contribution in [2.24, 2.45) is 11.8 Å². The highest BCUT2D eigenvalue weighted by Crippen LogP contribution is 2.50. The van der Waals surface area contributed by atoms with Gasteiger partial charge in [0.25, 0.3) is 5.91 Å². The van der Waals surface area contributed by atoms with Gasteiger partial charge < -0.3 is 19.4 Å². The van der Waals surface area contributed by atoms with Gasteiger partial charge in [-0.1, -0.05) is 42.4 Å². The molecule has 2 aromatic carbocycles. The van der Waals surface area contributed by atoms with Crippen LogP contribution in [0.3, 0.4) is 0 Å². The first-order valence-electron chi connectivity index (χ1n) is 16.2. The van der Waals surface area contributed by atoms with Crippen LogP contribution in [0.4, 0.5) is 15.9 Å². The van der Waals surface area contributed by atoms with Crippen LogP contribution in [0.5, 0.6) is 6.01 Å². The fourth-order valence-corrected chi connectivity index (χ4v) is 8.30. The number of halogens is 2. The molecule has 3 heterocycles. The Kier molecular flexibility index (Phi) is 8.47. The van der Waals surface area contributed by atoms with Crippen molar-refractivity contribution >= 4 is 39.8 Å². The number of fused-ring (bicyclic) bond motifs is 3. The molecule has 9 nitrogen and oxygen atoms in total. The molecule has 46 heavy (non-hydrogen) atoms. The number of aromatic nitrogens is 2. The van der Waals surface area contributed by atoms with E-state index in [4.69, 9.17) is 26.3 Å². The fourth-order valence-electron chi connectivity index (χ4n) is 8.03. The van der Waals surface area contributed by atoms with E-state index in [0.29, 0.717) is 49.7 Å². The van der Waals surface area contributed by atoms with Crippen LogP contribution in [-0.2, 0) is 17.8 Å². The van der Waals surface area contributed by atoms with Gasteiger partial charge in [-0.25, -0.2) is 4.39 Å². The van der Waals surface area contributed by atoms with Crippen LogP contribution in [-0.4, -0.2) is 84.1 Å². The molecule has 240 valence electrons. The standard InChI is InChI=1S/C35H39ClFN7O2/c1-22(37)34(45)44-14-13-43(20-26(44)9-11-38)33-27-10-12-42(30-8-4-6-24-5-3-7-28(36)32(24)30)21-29(27)39-35(40-33)46-16-15-41(2)31-19-23-17-25(31)18-23/h3-8,23,25-26,31H,1,9-10,12-21H2,2H3/t23?,25?,26-,31?/m0/s1. The minimum Gasteiger partial charge on any atom is -0.462 e. The van der Waals surface area contributed by atoms with Crippen LogP contribution in [0.25, 0.3) is 10.8 Å². The van der Waals surface area contributed by atoms with E-state index < -0.39 is 17.8 Å². The van der Waals surface area contributed by atoms with E-state index in [2.05, 4.69) is 58.7 Å². The summed E-state index contributed by atoms with van der Waals surface area (Å²) < 4.78 is 20.1. The van der Waals surface area contributed by atoms with Crippen molar-refractivity contribution in [2.75, 3.05) is 56.2 Å². The van der Waals surface area contributed by atoms with E-state index in [1.165, 1.54) is 24.2 Å². The molecule has 3 saturated carbocycles. The van der Waals surface area contributed by atoms with E-state index in [1.54, 1.807) is 0 Å². The Hall–Kier alpha value is -3.94. The molecule has 3 aromatic rings. The minimum absolute atomic E-state index is 0.0805. The number of benzene rings is 2. The van der Waals surface area contributed by atoms with Crippen LogP contribution >= 0.6 is 11.6 Å². The Morgan fingerprint density at radius 1 is 1.15 bits per heavy atom. The molecule has 2 atom stereocenters. The predicted molar refractivity (Wildman–Crippen MR) is 177 cm³/mol. The van der Waals surface area contributed by atoms with E-state index >= 15 is 0 Å². The lowest BCUT2D eigenvalue weighted by atomic mass is 9.84. The maximum Gasteiger partial charge on any atom is 0.318 e. The Morgan fingerprint density at radius 3 is 2.70 bits per heavy atom. The van der Waals surface area contributed by atoms with Crippen LogP contribution in [0, 0.1) is 23.2 Å². The summed E-state index contributed by atoms with van der Waals surface area (Å²) >= 11 is 6.71. The lowest BCUT2D eigenvalue weighted by molar-refractivity contribution is -0.131. The van der Waals surface area contributed by atoms with Crippen molar-refractivity contribution in [3.05, 3.63) is 65.1 Å². The van der Waals surface area contributed by atoms with Gasteiger partial charge in [0.1, 0.15) is 12.4 Å². The van der Waals surface area contributed by atoms with Gasteiger partial charge in [-0.05, 0) is 62.1 Å². The molecule has 8 rings (SSSR count). The number of nitriles is 1. The number of amides is 1. The number of anilines is 2. The van der Waals surface area contributed by atoms with Gasteiger partial charge in [-0.15, -0.1) is 0 Å². The molecule has 0 spiro atoms. The molecule has 2 bridgehead atoms. The van der Waals surface area contributed by atoms with Gasteiger partial charge in [0, 0.05) is 55.4 Å². The zero-order valence-electron chi connectivity index (χ0n) is 26.2. The maximum atomic E-state index is 13.9. The molecule has 5 aliphatic rings. The third-order valence-corrected chi connectivity index (χ3v) is 10.7. The van der Waals surface area contributed by atoms with Gasteiger partial charge in [0.15, 0.2) is 5.83 Å². The molecule has 0 N–H and O–H groups in total. The van der Waals surface area contributed by atoms with Crippen molar-refractivity contribution in [1.29, 1.82) is 5.26 Å². The topological polar surface area (TPSA) is 88.8 Å². The predicted octanol–water partition coefficient (Wildman–Crippen LogP) is 5.37. The van der Waals surface area contributed by atoms with Gasteiger partial charge in [0.05, 0.1) is 35.8 Å². The molecule has 1 aromatic heterocycles. The van der Waals surface area contributed by atoms with Gasteiger partial charge >= 0.3 is 6.01 Å². The molecule has 0 radical (unpaired) electrons. The number of likely N-dealkylation sites (N-methyl/N-ethyl adjacent to an activating group) is 1.